The fourth-order valence-corrected chi connectivity index (χ4v) is 3.46. The SMILES string of the molecule is CC(C)CC(=O)NC(Cc1ccc(O)cc1)C(=O)NC(C(=O)NC(C=O)CCCN=C(N)N)C(C)C. The number of phenols is 1. The van der Waals surface area contributed by atoms with Crippen LogP contribution in [0.5, 0.6) is 5.75 Å². The highest BCUT2D eigenvalue weighted by atomic mass is 16.3. The molecule has 0 radical (unpaired) electrons. The Hall–Kier alpha value is -3.63. The molecule has 11 nitrogen and oxygen atoms in total. The van der Waals surface area contributed by atoms with Crippen molar-refractivity contribution < 1.29 is 24.3 Å². The molecule has 11 heteroatoms. The smallest absolute Gasteiger partial charge is 0.243 e. The van der Waals surface area contributed by atoms with E-state index in [1.54, 1.807) is 26.0 Å². The van der Waals surface area contributed by atoms with Crippen LogP contribution in [0.2, 0.25) is 0 Å². The minimum Gasteiger partial charge on any atom is -0.508 e. The summed E-state index contributed by atoms with van der Waals surface area (Å²) in [5, 5.41) is 17.7. The molecule has 0 aromatic heterocycles. The van der Waals surface area contributed by atoms with E-state index >= 15 is 0 Å². The molecule has 0 aliphatic heterocycles. The first-order valence-corrected chi connectivity index (χ1v) is 12.1. The van der Waals surface area contributed by atoms with Crippen LogP contribution >= 0.6 is 0 Å². The quantitative estimate of drug-likeness (QED) is 0.0859. The number of nitrogens with two attached hydrogens (primary N) is 2. The second kappa shape index (κ2) is 15.4. The van der Waals surface area contributed by atoms with Gasteiger partial charge < -0.3 is 37.3 Å². The number of aldehydes is 1. The number of benzene rings is 1. The second-order valence-corrected chi connectivity index (χ2v) is 9.52. The third-order valence-corrected chi connectivity index (χ3v) is 5.33. The van der Waals surface area contributed by atoms with Gasteiger partial charge in [-0.05, 0) is 42.4 Å². The molecule has 0 aliphatic rings. The lowest BCUT2D eigenvalue weighted by Gasteiger charge is -2.26. The summed E-state index contributed by atoms with van der Waals surface area (Å²) in [4.78, 5) is 53.9. The Kier molecular flexibility index (Phi) is 13.0. The van der Waals surface area contributed by atoms with Crippen LogP contribution in [0.1, 0.15) is 52.5 Å². The minimum atomic E-state index is -0.934. The molecule has 1 aromatic carbocycles. The summed E-state index contributed by atoms with van der Waals surface area (Å²) in [5.74, 6) is -1.46. The molecule has 3 amide bonds. The number of phenolic OH excluding ortho intramolecular Hbond substituents is 1. The predicted octanol–water partition coefficient (Wildman–Crippen LogP) is 0.344. The number of carbonyl (C=O) groups excluding carboxylic acids is 4. The number of aromatic hydroxyl groups is 1. The molecular weight excluding hydrogens is 464 g/mol. The first-order valence-electron chi connectivity index (χ1n) is 12.1. The molecule has 0 saturated heterocycles. The summed E-state index contributed by atoms with van der Waals surface area (Å²) in [6.45, 7) is 7.65. The van der Waals surface area contributed by atoms with Gasteiger partial charge in [0.15, 0.2) is 5.96 Å². The Morgan fingerprint density at radius 3 is 2.17 bits per heavy atom. The monoisotopic (exact) mass is 504 g/mol. The van der Waals surface area contributed by atoms with Gasteiger partial charge in [-0.1, -0.05) is 39.8 Å². The molecule has 36 heavy (non-hydrogen) atoms. The van der Waals surface area contributed by atoms with E-state index in [4.69, 9.17) is 11.5 Å². The molecule has 0 spiro atoms. The van der Waals surface area contributed by atoms with E-state index in [2.05, 4.69) is 20.9 Å². The van der Waals surface area contributed by atoms with E-state index in [9.17, 15) is 24.3 Å². The van der Waals surface area contributed by atoms with Crippen molar-refractivity contribution in [2.75, 3.05) is 6.54 Å². The van der Waals surface area contributed by atoms with E-state index < -0.39 is 29.9 Å². The molecule has 0 bridgehead atoms. The van der Waals surface area contributed by atoms with Gasteiger partial charge in [0.2, 0.25) is 17.7 Å². The van der Waals surface area contributed by atoms with Crippen molar-refractivity contribution in [1.82, 2.24) is 16.0 Å². The fourth-order valence-electron chi connectivity index (χ4n) is 3.46. The highest BCUT2D eigenvalue weighted by molar-refractivity contribution is 5.93. The number of aliphatic imine (C=N–C) groups is 1. The van der Waals surface area contributed by atoms with Crippen molar-refractivity contribution in [3.63, 3.8) is 0 Å². The van der Waals surface area contributed by atoms with Crippen molar-refractivity contribution >= 4 is 30.0 Å². The summed E-state index contributed by atoms with van der Waals surface area (Å²) in [6.07, 6.45) is 1.86. The topological polar surface area (TPSA) is 189 Å². The van der Waals surface area contributed by atoms with Crippen LogP contribution in [0.3, 0.4) is 0 Å². The lowest BCUT2D eigenvalue weighted by Crippen LogP contribution is -2.57. The molecule has 3 unspecified atom stereocenters. The van der Waals surface area contributed by atoms with Crippen LogP contribution in [0.4, 0.5) is 0 Å². The Labute approximate surface area is 212 Å². The zero-order valence-electron chi connectivity index (χ0n) is 21.5. The summed E-state index contributed by atoms with van der Waals surface area (Å²) < 4.78 is 0. The molecule has 0 fully saturated rings. The van der Waals surface area contributed by atoms with Gasteiger partial charge in [0.25, 0.3) is 0 Å². The van der Waals surface area contributed by atoms with E-state index in [1.807, 2.05) is 13.8 Å². The number of hydrogen-bond donors (Lipinski definition) is 6. The zero-order valence-corrected chi connectivity index (χ0v) is 21.5. The van der Waals surface area contributed by atoms with Gasteiger partial charge in [-0.25, -0.2) is 0 Å². The number of nitrogens with zero attached hydrogens (tertiary/aromatic N) is 1. The normalized spacial score (nSPS) is 13.4. The fraction of sp³-hybridized carbons (Fsp3) is 0.560. The number of amides is 3. The first-order chi connectivity index (χ1) is 16.9. The third-order valence-electron chi connectivity index (χ3n) is 5.33. The van der Waals surface area contributed by atoms with E-state index in [0.29, 0.717) is 25.7 Å². The van der Waals surface area contributed by atoms with Crippen molar-refractivity contribution in [3.8, 4) is 5.75 Å². The van der Waals surface area contributed by atoms with Gasteiger partial charge in [0.05, 0.1) is 6.04 Å². The van der Waals surface area contributed by atoms with Gasteiger partial charge in [0.1, 0.15) is 24.1 Å². The average Bonchev–Trinajstić information content (AvgIpc) is 2.79. The van der Waals surface area contributed by atoms with Gasteiger partial charge in [-0.15, -0.1) is 0 Å². The highest BCUT2D eigenvalue weighted by Gasteiger charge is 2.30. The van der Waals surface area contributed by atoms with Crippen molar-refractivity contribution in [2.45, 2.75) is 71.5 Å². The Bertz CT molecular complexity index is 897. The van der Waals surface area contributed by atoms with Crippen LogP contribution in [-0.4, -0.2) is 59.7 Å². The highest BCUT2D eigenvalue weighted by Crippen LogP contribution is 2.13. The Morgan fingerprint density at radius 2 is 1.64 bits per heavy atom. The maximum Gasteiger partial charge on any atom is 0.243 e. The maximum atomic E-state index is 13.2. The minimum absolute atomic E-state index is 0.0494. The molecule has 0 heterocycles. The summed E-state index contributed by atoms with van der Waals surface area (Å²) in [7, 11) is 0. The molecule has 1 aromatic rings. The molecule has 8 N–H and O–H groups in total. The lowest BCUT2D eigenvalue weighted by atomic mass is 10.00. The van der Waals surface area contributed by atoms with Crippen LogP contribution in [0.15, 0.2) is 29.3 Å². The van der Waals surface area contributed by atoms with Crippen LogP contribution < -0.4 is 27.4 Å². The largest absolute Gasteiger partial charge is 0.508 e. The summed E-state index contributed by atoms with van der Waals surface area (Å²) >= 11 is 0. The van der Waals surface area contributed by atoms with Gasteiger partial charge in [-0.3, -0.25) is 19.4 Å². The molecule has 1 rings (SSSR count). The van der Waals surface area contributed by atoms with Crippen LogP contribution in [-0.2, 0) is 25.6 Å². The van der Waals surface area contributed by atoms with Crippen molar-refractivity contribution in [1.29, 1.82) is 0 Å². The van der Waals surface area contributed by atoms with Crippen LogP contribution in [0, 0.1) is 11.8 Å². The van der Waals surface area contributed by atoms with Crippen LogP contribution in [0.25, 0.3) is 0 Å². The molecule has 200 valence electrons. The lowest BCUT2D eigenvalue weighted by molar-refractivity contribution is -0.133. The third kappa shape index (κ3) is 11.7. The Balaban J connectivity index is 2.94. The number of guanidine groups is 1. The van der Waals surface area contributed by atoms with Gasteiger partial charge in [-0.2, -0.15) is 0 Å². The molecular formula is C25H40N6O5. The van der Waals surface area contributed by atoms with E-state index in [1.165, 1.54) is 12.1 Å². The molecule has 3 atom stereocenters. The first kappa shape index (κ1) is 30.4. The Morgan fingerprint density at radius 1 is 1.00 bits per heavy atom. The van der Waals surface area contributed by atoms with E-state index in [-0.39, 0.29) is 42.3 Å². The maximum absolute atomic E-state index is 13.2. The average molecular weight is 505 g/mol. The van der Waals surface area contributed by atoms with Gasteiger partial charge >= 0.3 is 0 Å². The zero-order chi connectivity index (χ0) is 27.3. The predicted molar refractivity (Wildman–Crippen MR) is 138 cm³/mol. The summed E-state index contributed by atoms with van der Waals surface area (Å²) in [6, 6.07) is 3.69. The number of hydrogen-bond acceptors (Lipinski definition) is 6. The van der Waals surface area contributed by atoms with Crippen molar-refractivity contribution in [3.05, 3.63) is 29.8 Å². The summed E-state index contributed by atoms with van der Waals surface area (Å²) in [5.41, 5.74) is 11.3. The number of nitrogens with one attached hydrogen (secondary N) is 3. The molecule has 0 aliphatic carbocycles. The number of rotatable bonds is 15. The second-order valence-electron chi connectivity index (χ2n) is 9.52. The molecule has 0 saturated carbocycles. The van der Waals surface area contributed by atoms with Crippen molar-refractivity contribution in [2.24, 2.45) is 28.3 Å². The van der Waals surface area contributed by atoms with Gasteiger partial charge in [0, 0.05) is 19.4 Å². The standard InChI is InChI=1S/C25H40N6O5/c1-15(2)12-21(34)30-20(13-17-7-9-19(33)10-8-17)23(35)31-22(16(3)4)24(36)29-18(14-32)6-5-11-28-25(26)27/h7-10,14-16,18,20,22,33H,5-6,11-13H2,1-4H3,(H,29,36)(H,30,34)(H,31,35)(H4,26,27,28). The van der Waals surface area contributed by atoms with E-state index in [0.717, 1.165) is 5.56 Å². The number of carbonyl (C=O) groups is 4.